The van der Waals surface area contributed by atoms with Crippen molar-refractivity contribution in [2.24, 2.45) is 0 Å². The van der Waals surface area contributed by atoms with Gasteiger partial charge in [0.25, 0.3) is 0 Å². The summed E-state index contributed by atoms with van der Waals surface area (Å²) in [7, 11) is 1.60. The standard InChI is InChI=1S/C14H14ClNO2/c1-17-14-8-11(16)7-6-10(14)9-18-13-5-3-2-4-12(13)15/h2-8H,9,16H2,1H3. The third kappa shape index (κ3) is 2.87. The molecule has 0 aliphatic heterocycles. The Hall–Kier alpha value is -1.87. The number of anilines is 1. The van der Waals surface area contributed by atoms with Gasteiger partial charge in [0, 0.05) is 17.3 Å². The van der Waals surface area contributed by atoms with E-state index in [2.05, 4.69) is 0 Å². The van der Waals surface area contributed by atoms with Crippen molar-refractivity contribution in [1.82, 2.24) is 0 Å². The summed E-state index contributed by atoms with van der Waals surface area (Å²) in [6.45, 7) is 0.382. The monoisotopic (exact) mass is 263 g/mol. The fourth-order valence-corrected chi connectivity index (χ4v) is 1.79. The molecule has 2 N–H and O–H groups in total. The summed E-state index contributed by atoms with van der Waals surface area (Å²) in [6, 6.07) is 12.8. The number of benzene rings is 2. The highest BCUT2D eigenvalue weighted by Crippen LogP contribution is 2.27. The van der Waals surface area contributed by atoms with Crippen LogP contribution in [-0.2, 0) is 6.61 Å². The normalized spacial score (nSPS) is 10.1. The number of halogens is 1. The minimum atomic E-state index is 0.382. The topological polar surface area (TPSA) is 44.5 Å². The predicted molar refractivity (Wildman–Crippen MR) is 73.2 cm³/mol. The first-order valence-electron chi connectivity index (χ1n) is 5.50. The molecule has 0 aliphatic carbocycles. The number of hydrogen-bond acceptors (Lipinski definition) is 3. The molecule has 0 saturated heterocycles. The molecular weight excluding hydrogens is 250 g/mol. The van der Waals surface area contributed by atoms with Crippen molar-refractivity contribution in [3.63, 3.8) is 0 Å². The Kier molecular flexibility index (Phi) is 3.95. The molecule has 18 heavy (non-hydrogen) atoms. The van der Waals surface area contributed by atoms with E-state index >= 15 is 0 Å². The van der Waals surface area contributed by atoms with Crippen LogP contribution in [0.5, 0.6) is 11.5 Å². The SMILES string of the molecule is COc1cc(N)ccc1COc1ccccc1Cl. The lowest BCUT2D eigenvalue weighted by Gasteiger charge is -2.11. The van der Waals surface area contributed by atoms with Gasteiger partial charge in [0.1, 0.15) is 18.1 Å². The number of rotatable bonds is 4. The number of ether oxygens (including phenoxy) is 2. The van der Waals surface area contributed by atoms with E-state index < -0.39 is 0 Å². The summed E-state index contributed by atoms with van der Waals surface area (Å²) in [5, 5.41) is 0.590. The largest absolute Gasteiger partial charge is 0.496 e. The van der Waals surface area contributed by atoms with E-state index in [0.29, 0.717) is 28.8 Å². The summed E-state index contributed by atoms with van der Waals surface area (Å²) in [5.74, 6) is 1.36. The highest BCUT2D eigenvalue weighted by atomic mass is 35.5. The van der Waals surface area contributed by atoms with E-state index in [1.165, 1.54) is 0 Å². The van der Waals surface area contributed by atoms with E-state index in [9.17, 15) is 0 Å². The van der Waals surface area contributed by atoms with E-state index in [1.54, 1.807) is 19.2 Å². The molecule has 2 rings (SSSR count). The lowest BCUT2D eigenvalue weighted by molar-refractivity contribution is 0.297. The molecule has 2 aromatic rings. The van der Waals surface area contributed by atoms with Crippen LogP contribution in [0.15, 0.2) is 42.5 Å². The van der Waals surface area contributed by atoms with Gasteiger partial charge in [-0.25, -0.2) is 0 Å². The molecule has 0 radical (unpaired) electrons. The number of para-hydroxylation sites is 1. The molecule has 94 valence electrons. The van der Waals surface area contributed by atoms with Crippen LogP contribution in [0.2, 0.25) is 5.02 Å². The van der Waals surface area contributed by atoms with Crippen LogP contribution in [0.25, 0.3) is 0 Å². The average Bonchev–Trinajstić information content (AvgIpc) is 2.39. The van der Waals surface area contributed by atoms with Crippen molar-refractivity contribution < 1.29 is 9.47 Å². The van der Waals surface area contributed by atoms with Gasteiger partial charge in [-0.2, -0.15) is 0 Å². The van der Waals surface area contributed by atoms with Gasteiger partial charge in [0.15, 0.2) is 0 Å². The molecule has 0 aliphatic rings. The summed E-state index contributed by atoms with van der Waals surface area (Å²) >= 11 is 6.01. The van der Waals surface area contributed by atoms with Crippen LogP contribution in [0.3, 0.4) is 0 Å². The average molecular weight is 264 g/mol. The lowest BCUT2D eigenvalue weighted by atomic mass is 10.2. The first-order valence-corrected chi connectivity index (χ1v) is 5.88. The molecule has 0 saturated carbocycles. The first kappa shape index (κ1) is 12.6. The Balaban J connectivity index is 2.13. The Labute approximate surface area is 111 Å². The van der Waals surface area contributed by atoms with Crippen LogP contribution in [0, 0.1) is 0 Å². The maximum atomic E-state index is 6.01. The third-order valence-corrected chi connectivity index (χ3v) is 2.84. The van der Waals surface area contributed by atoms with Gasteiger partial charge in [-0.15, -0.1) is 0 Å². The van der Waals surface area contributed by atoms with Gasteiger partial charge < -0.3 is 15.2 Å². The van der Waals surface area contributed by atoms with Crippen molar-refractivity contribution >= 4 is 17.3 Å². The van der Waals surface area contributed by atoms with Crippen LogP contribution >= 0.6 is 11.6 Å². The zero-order valence-electron chi connectivity index (χ0n) is 10.0. The molecule has 0 unspecified atom stereocenters. The summed E-state index contributed by atoms with van der Waals surface area (Å²) < 4.78 is 10.9. The van der Waals surface area contributed by atoms with Gasteiger partial charge in [-0.3, -0.25) is 0 Å². The smallest absolute Gasteiger partial charge is 0.138 e. The first-order chi connectivity index (χ1) is 8.70. The molecule has 0 aromatic heterocycles. The Morgan fingerprint density at radius 3 is 2.61 bits per heavy atom. The Morgan fingerprint density at radius 2 is 1.89 bits per heavy atom. The van der Waals surface area contributed by atoms with E-state index in [4.69, 9.17) is 26.8 Å². The second-order valence-electron chi connectivity index (χ2n) is 3.79. The molecule has 0 fully saturated rings. The molecule has 2 aromatic carbocycles. The number of nitrogens with two attached hydrogens (primary N) is 1. The van der Waals surface area contributed by atoms with E-state index in [0.717, 1.165) is 5.56 Å². The lowest BCUT2D eigenvalue weighted by Crippen LogP contribution is -2.00. The van der Waals surface area contributed by atoms with Gasteiger partial charge in [0.05, 0.1) is 12.1 Å². The molecule has 4 heteroatoms. The second kappa shape index (κ2) is 5.65. The van der Waals surface area contributed by atoms with Crippen LogP contribution < -0.4 is 15.2 Å². The summed E-state index contributed by atoms with van der Waals surface area (Å²) in [4.78, 5) is 0. The van der Waals surface area contributed by atoms with Gasteiger partial charge in [-0.1, -0.05) is 23.7 Å². The highest BCUT2D eigenvalue weighted by molar-refractivity contribution is 6.32. The fourth-order valence-electron chi connectivity index (χ4n) is 1.60. The number of nitrogen functional groups attached to an aromatic ring is 1. The molecule has 0 spiro atoms. The van der Waals surface area contributed by atoms with Gasteiger partial charge >= 0.3 is 0 Å². The van der Waals surface area contributed by atoms with Crippen molar-refractivity contribution in [2.45, 2.75) is 6.61 Å². The zero-order valence-corrected chi connectivity index (χ0v) is 10.8. The number of hydrogen-bond donors (Lipinski definition) is 1. The zero-order chi connectivity index (χ0) is 13.0. The van der Waals surface area contributed by atoms with Crippen LogP contribution in [-0.4, -0.2) is 7.11 Å². The van der Waals surface area contributed by atoms with Crippen LogP contribution in [0.1, 0.15) is 5.56 Å². The molecule has 0 atom stereocenters. The maximum Gasteiger partial charge on any atom is 0.138 e. The predicted octanol–water partition coefficient (Wildman–Crippen LogP) is 3.51. The maximum absolute atomic E-state index is 6.01. The van der Waals surface area contributed by atoms with Crippen molar-refractivity contribution in [3.05, 3.63) is 53.1 Å². The molecule has 0 heterocycles. The van der Waals surface area contributed by atoms with Crippen molar-refractivity contribution in [3.8, 4) is 11.5 Å². The minimum Gasteiger partial charge on any atom is -0.496 e. The minimum absolute atomic E-state index is 0.382. The summed E-state index contributed by atoms with van der Waals surface area (Å²) in [5.41, 5.74) is 7.28. The van der Waals surface area contributed by atoms with Gasteiger partial charge in [-0.05, 0) is 24.3 Å². The quantitative estimate of drug-likeness (QED) is 0.859. The highest BCUT2D eigenvalue weighted by Gasteiger charge is 2.06. The van der Waals surface area contributed by atoms with Crippen molar-refractivity contribution in [2.75, 3.05) is 12.8 Å². The fraction of sp³-hybridized carbons (Fsp3) is 0.143. The van der Waals surface area contributed by atoms with E-state index in [1.807, 2.05) is 30.3 Å². The second-order valence-corrected chi connectivity index (χ2v) is 4.20. The molecular formula is C14H14ClNO2. The number of methoxy groups -OCH3 is 1. The van der Waals surface area contributed by atoms with Gasteiger partial charge in [0.2, 0.25) is 0 Å². The van der Waals surface area contributed by atoms with Crippen molar-refractivity contribution in [1.29, 1.82) is 0 Å². The molecule has 0 bridgehead atoms. The Bertz CT molecular complexity index is 543. The van der Waals surface area contributed by atoms with E-state index in [-0.39, 0.29) is 0 Å². The Morgan fingerprint density at radius 1 is 1.11 bits per heavy atom. The summed E-state index contributed by atoms with van der Waals surface area (Å²) in [6.07, 6.45) is 0. The van der Waals surface area contributed by atoms with Crippen LogP contribution in [0.4, 0.5) is 5.69 Å². The molecule has 3 nitrogen and oxygen atoms in total. The third-order valence-electron chi connectivity index (χ3n) is 2.53. The molecule has 0 amide bonds.